The van der Waals surface area contributed by atoms with Gasteiger partial charge in [-0.1, -0.05) is 35.8 Å². The normalized spacial score (nSPS) is 15.6. The van der Waals surface area contributed by atoms with Crippen LogP contribution in [0.3, 0.4) is 0 Å². The maximum absolute atomic E-state index is 11.5. The number of carbonyl (C=O) groups is 2. The van der Waals surface area contributed by atoms with E-state index in [9.17, 15) is 9.59 Å². The van der Waals surface area contributed by atoms with Crippen LogP contribution in [0.25, 0.3) is 0 Å². The van der Waals surface area contributed by atoms with Crippen molar-refractivity contribution in [2.45, 2.75) is 0 Å². The topological polar surface area (TPSA) is 49.4 Å². The van der Waals surface area contributed by atoms with Crippen LogP contribution in [0, 0.1) is 0 Å². The van der Waals surface area contributed by atoms with Crippen LogP contribution in [0.15, 0.2) is 30.5 Å². The van der Waals surface area contributed by atoms with E-state index in [0.717, 1.165) is 4.90 Å². The Morgan fingerprint density at radius 1 is 1.19 bits per heavy atom. The zero-order valence-corrected chi connectivity index (χ0v) is 9.47. The number of hydrogen-bond acceptors (Lipinski definition) is 2. The number of anilines is 1. The van der Waals surface area contributed by atoms with Gasteiger partial charge in [-0.15, -0.1) is 0 Å². The van der Waals surface area contributed by atoms with E-state index in [4.69, 9.17) is 23.2 Å². The van der Waals surface area contributed by atoms with Gasteiger partial charge in [0, 0.05) is 0 Å². The van der Waals surface area contributed by atoms with Crippen LogP contribution in [0.2, 0.25) is 10.0 Å². The van der Waals surface area contributed by atoms with E-state index in [0.29, 0.717) is 0 Å². The third-order valence-electron chi connectivity index (χ3n) is 2.12. The van der Waals surface area contributed by atoms with E-state index in [1.807, 2.05) is 0 Å². The van der Waals surface area contributed by atoms with Gasteiger partial charge in [0.1, 0.15) is 5.70 Å². The third-order valence-corrected chi connectivity index (χ3v) is 2.73. The van der Waals surface area contributed by atoms with Crippen LogP contribution < -0.4 is 10.2 Å². The lowest BCUT2D eigenvalue weighted by Crippen LogP contribution is -2.27. The molecular formula is C10H6Cl2N2O2. The molecule has 16 heavy (non-hydrogen) atoms. The smallest absolute Gasteiger partial charge is 0.272 e. The summed E-state index contributed by atoms with van der Waals surface area (Å²) in [5.41, 5.74) is 0.263. The van der Waals surface area contributed by atoms with Crippen LogP contribution in [0.4, 0.5) is 10.5 Å². The van der Waals surface area contributed by atoms with Crippen molar-refractivity contribution in [2.24, 2.45) is 0 Å². The van der Waals surface area contributed by atoms with Crippen molar-refractivity contribution >= 4 is 40.8 Å². The first kappa shape index (κ1) is 11.0. The molecule has 1 aliphatic heterocycles. The van der Waals surface area contributed by atoms with Crippen molar-refractivity contribution in [3.8, 4) is 0 Å². The van der Waals surface area contributed by atoms with E-state index < -0.39 is 11.9 Å². The van der Waals surface area contributed by atoms with Crippen LogP contribution >= 0.6 is 23.2 Å². The number of nitrogens with one attached hydrogen (secondary N) is 1. The summed E-state index contributed by atoms with van der Waals surface area (Å²) in [6, 6.07) is 4.19. The molecule has 3 amide bonds. The minimum Gasteiger partial charge on any atom is -0.272 e. The molecule has 0 radical (unpaired) electrons. The van der Waals surface area contributed by atoms with E-state index >= 15 is 0 Å². The van der Waals surface area contributed by atoms with Crippen LogP contribution in [-0.4, -0.2) is 11.9 Å². The predicted molar refractivity (Wildman–Crippen MR) is 61.6 cm³/mol. The second-order valence-corrected chi connectivity index (χ2v) is 3.93. The van der Waals surface area contributed by atoms with Gasteiger partial charge >= 0.3 is 6.03 Å². The Morgan fingerprint density at radius 2 is 1.75 bits per heavy atom. The molecule has 1 saturated heterocycles. The molecular weight excluding hydrogens is 251 g/mol. The minimum atomic E-state index is -0.606. The van der Waals surface area contributed by atoms with Gasteiger partial charge in [-0.3, -0.25) is 15.0 Å². The van der Waals surface area contributed by atoms with E-state index in [-0.39, 0.29) is 21.4 Å². The second-order valence-electron chi connectivity index (χ2n) is 3.11. The molecule has 1 N–H and O–H groups in total. The predicted octanol–water partition coefficient (Wildman–Crippen LogP) is 2.56. The standard InChI is InChI=1S/C10H6Cl2N2O2/c1-5-9(15)13-10(16)14(5)8-6(11)3-2-4-7(8)12/h2-4H,1H2,(H,13,15,16). The summed E-state index contributed by atoms with van der Waals surface area (Å²) >= 11 is 11.9. The molecule has 1 heterocycles. The highest BCUT2D eigenvalue weighted by Gasteiger charge is 2.34. The SMILES string of the molecule is C=C1C(=O)NC(=O)N1c1c(Cl)cccc1Cl. The molecule has 0 atom stereocenters. The Labute approximate surface area is 101 Å². The number of nitrogens with zero attached hydrogens (tertiary/aromatic N) is 1. The van der Waals surface area contributed by atoms with Crippen molar-refractivity contribution in [1.82, 2.24) is 5.32 Å². The highest BCUT2D eigenvalue weighted by Crippen LogP contribution is 2.36. The maximum Gasteiger partial charge on any atom is 0.333 e. The first-order valence-corrected chi connectivity index (χ1v) is 5.06. The summed E-state index contributed by atoms with van der Waals surface area (Å²) in [6.45, 7) is 3.50. The number of rotatable bonds is 1. The summed E-state index contributed by atoms with van der Waals surface area (Å²) in [6.07, 6.45) is 0. The maximum atomic E-state index is 11.5. The molecule has 4 nitrogen and oxygen atoms in total. The number of para-hydroxylation sites is 1. The highest BCUT2D eigenvalue weighted by molar-refractivity contribution is 6.41. The van der Waals surface area contributed by atoms with Gasteiger partial charge in [-0.2, -0.15) is 0 Å². The lowest BCUT2D eigenvalue weighted by Gasteiger charge is -2.17. The zero-order valence-electron chi connectivity index (χ0n) is 7.96. The van der Waals surface area contributed by atoms with Crippen LogP contribution in [0.5, 0.6) is 0 Å². The molecule has 0 aromatic heterocycles. The fourth-order valence-electron chi connectivity index (χ4n) is 1.39. The fourth-order valence-corrected chi connectivity index (χ4v) is 1.95. The molecule has 1 aromatic rings. The number of amides is 3. The van der Waals surface area contributed by atoms with Crippen molar-refractivity contribution < 1.29 is 9.59 Å². The average molecular weight is 257 g/mol. The number of carbonyl (C=O) groups excluding carboxylic acids is 2. The highest BCUT2D eigenvalue weighted by atomic mass is 35.5. The molecule has 82 valence electrons. The number of benzene rings is 1. The van der Waals surface area contributed by atoms with Crippen LogP contribution in [0.1, 0.15) is 0 Å². The lowest BCUT2D eigenvalue weighted by molar-refractivity contribution is -0.115. The number of imide groups is 1. The Balaban J connectivity index is 2.57. The fraction of sp³-hybridized carbons (Fsp3) is 0. The number of halogens is 2. The summed E-state index contributed by atoms with van der Waals surface area (Å²) in [5, 5.41) is 2.65. The first-order valence-electron chi connectivity index (χ1n) is 4.30. The Kier molecular flexibility index (Phi) is 2.61. The summed E-state index contributed by atoms with van der Waals surface area (Å²) in [5.74, 6) is -0.555. The average Bonchev–Trinajstić information content (AvgIpc) is 2.44. The van der Waals surface area contributed by atoms with Crippen molar-refractivity contribution in [3.05, 3.63) is 40.5 Å². The molecule has 0 saturated carbocycles. The molecule has 1 aromatic carbocycles. The van der Waals surface area contributed by atoms with E-state index in [1.165, 1.54) is 0 Å². The molecule has 0 spiro atoms. The van der Waals surface area contributed by atoms with Gasteiger partial charge < -0.3 is 0 Å². The number of hydrogen-bond donors (Lipinski definition) is 1. The largest absolute Gasteiger partial charge is 0.333 e. The van der Waals surface area contributed by atoms with Crippen LogP contribution in [-0.2, 0) is 4.79 Å². The Hall–Kier alpha value is -1.52. The molecule has 6 heteroatoms. The van der Waals surface area contributed by atoms with E-state index in [1.54, 1.807) is 18.2 Å². The Morgan fingerprint density at radius 3 is 2.19 bits per heavy atom. The zero-order chi connectivity index (χ0) is 11.9. The third kappa shape index (κ3) is 1.56. The van der Waals surface area contributed by atoms with Crippen molar-refractivity contribution in [3.63, 3.8) is 0 Å². The summed E-state index contributed by atoms with van der Waals surface area (Å²) in [4.78, 5) is 23.8. The van der Waals surface area contributed by atoms with Gasteiger partial charge in [0.05, 0.1) is 15.7 Å². The monoisotopic (exact) mass is 256 g/mol. The number of urea groups is 1. The minimum absolute atomic E-state index is 0.000000000000000222. The van der Waals surface area contributed by atoms with E-state index in [2.05, 4.69) is 11.9 Å². The van der Waals surface area contributed by atoms with Gasteiger partial charge in [-0.05, 0) is 12.1 Å². The van der Waals surface area contributed by atoms with Gasteiger partial charge in [0.25, 0.3) is 5.91 Å². The molecule has 0 unspecified atom stereocenters. The van der Waals surface area contributed by atoms with Crippen molar-refractivity contribution in [2.75, 3.05) is 4.90 Å². The molecule has 0 aliphatic carbocycles. The molecule has 2 rings (SSSR count). The molecule has 1 aliphatic rings. The molecule has 1 fully saturated rings. The van der Waals surface area contributed by atoms with Gasteiger partial charge in [0.2, 0.25) is 0 Å². The first-order chi connectivity index (χ1) is 7.52. The van der Waals surface area contributed by atoms with Gasteiger partial charge in [-0.25, -0.2) is 4.79 Å². The van der Waals surface area contributed by atoms with Crippen molar-refractivity contribution in [1.29, 1.82) is 0 Å². The second kappa shape index (κ2) is 3.81. The van der Waals surface area contributed by atoms with Gasteiger partial charge in [0.15, 0.2) is 0 Å². The lowest BCUT2D eigenvalue weighted by atomic mass is 10.3. The summed E-state index contributed by atoms with van der Waals surface area (Å²) < 4.78 is 0. The summed E-state index contributed by atoms with van der Waals surface area (Å²) in [7, 11) is 0. The molecule has 0 bridgehead atoms. The Bertz CT molecular complexity index is 493. The quantitative estimate of drug-likeness (QED) is 0.620.